The van der Waals surface area contributed by atoms with E-state index in [9.17, 15) is 9.59 Å². The molecule has 0 atom stereocenters. The quantitative estimate of drug-likeness (QED) is 0.315. The molecule has 6 heteroatoms. The topological polar surface area (TPSA) is 49.9 Å². The van der Waals surface area contributed by atoms with Crippen LogP contribution < -0.4 is 0 Å². The van der Waals surface area contributed by atoms with E-state index in [1.165, 1.54) is 38.5 Å². The first-order chi connectivity index (χ1) is 16.7. The van der Waals surface area contributed by atoms with Crippen molar-refractivity contribution >= 4 is 27.9 Å². The van der Waals surface area contributed by atoms with E-state index in [0.717, 1.165) is 41.6 Å². The van der Waals surface area contributed by atoms with E-state index in [1.807, 2.05) is 32.9 Å². The normalized spacial score (nSPS) is 21.6. The molecule has 2 aliphatic rings. The van der Waals surface area contributed by atoms with Crippen molar-refractivity contribution in [2.75, 3.05) is 13.1 Å². The lowest BCUT2D eigenvalue weighted by Crippen LogP contribution is -2.50. The van der Waals surface area contributed by atoms with Crippen LogP contribution in [0.1, 0.15) is 97.5 Å². The fourth-order valence-electron chi connectivity index (χ4n) is 5.48. The number of amides is 2. The van der Waals surface area contributed by atoms with Gasteiger partial charge in [0.15, 0.2) is 0 Å². The molecule has 1 aliphatic carbocycles. The molecule has 1 aromatic carbocycles. The molecule has 0 unspecified atom stereocenters. The zero-order valence-electron chi connectivity index (χ0n) is 22.2. The summed E-state index contributed by atoms with van der Waals surface area (Å²) in [6.07, 6.45) is 11.0. The van der Waals surface area contributed by atoms with Crippen molar-refractivity contribution in [1.29, 1.82) is 0 Å². The predicted octanol–water partition coefficient (Wildman–Crippen LogP) is 7.56. The lowest BCUT2D eigenvalue weighted by Gasteiger charge is -2.41. The Hall–Kier alpha value is -1.56. The molecular formula is C29H45BrN2O3. The number of likely N-dealkylation sites (tertiary alicyclic amines) is 1. The van der Waals surface area contributed by atoms with Crippen molar-refractivity contribution < 1.29 is 14.3 Å². The zero-order chi connectivity index (χ0) is 25.4. The van der Waals surface area contributed by atoms with E-state index in [-0.39, 0.29) is 18.1 Å². The minimum Gasteiger partial charge on any atom is -0.444 e. The largest absolute Gasteiger partial charge is 0.444 e. The van der Waals surface area contributed by atoms with E-state index in [4.69, 9.17) is 4.74 Å². The minimum absolute atomic E-state index is 0.136. The van der Waals surface area contributed by atoms with Crippen LogP contribution in [0.4, 0.5) is 4.79 Å². The van der Waals surface area contributed by atoms with Crippen molar-refractivity contribution in [3.8, 4) is 0 Å². The molecule has 5 nitrogen and oxygen atoms in total. The number of carbonyl (C=O) groups excluding carboxylic acids is 2. The van der Waals surface area contributed by atoms with Crippen molar-refractivity contribution in [1.82, 2.24) is 9.80 Å². The monoisotopic (exact) mass is 548 g/mol. The fraction of sp³-hybridized carbons (Fsp3) is 0.724. The van der Waals surface area contributed by atoms with Gasteiger partial charge in [0.2, 0.25) is 5.91 Å². The van der Waals surface area contributed by atoms with E-state index >= 15 is 0 Å². The highest BCUT2D eigenvalue weighted by Gasteiger charge is 2.35. The summed E-state index contributed by atoms with van der Waals surface area (Å²) < 4.78 is 6.62. The molecule has 1 aromatic rings. The standard InChI is InChI=1S/C29H45BrN2O3/c1-5-6-7-8-22-9-13-24(14-10-22)27(33)32(21-23-11-15-25(30)16-12-23)26-17-19-31(20-18-26)28(34)35-29(2,3)4/h11-12,15-16,22,24,26H,5-10,13-14,17-21H2,1-4H3. The maximum atomic E-state index is 13.9. The second kappa shape index (κ2) is 13.1. The molecular weight excluding hydrogens is 504 g/mol. The van der Waals surface area contributed by atoms with Crippen LogP contribution >= 0.6 is 15.9 Å². The Bertz CT molecular complexity index is 804. The van der Waals surface area contributed by atoms with Gasteiger partial charge in [-0.25, -0.2) is 4.79 Å². The molecule has 1 aliphatic heterocycles. The van der Waals surface area contributed by atoms with Crippen LogP contribution in [0.3, 0.4) is 0 Å². The van der Waals surface area contributed by atoms with Crippen molar-refractivity contribution in [3.05, 3.63) is 34.3 Å². The molecule has 1 heterocycles. The highest BCUT2D eigenvalue weighted by molar-refractivity contribution is 9.10. The molecule has 2 amide bonds. The number of unbranched alkanes of at least 4 members (excludes halogenated alkanes) is 2. The Kier molecular flexibility index (Phi) is 10.5. The van der Waals surface area contributed by atoms with Crippen LogP contribution in [0.2, 0.25) is 0 Å². The third-order valence-electron chi connectivity index (χ3n) is 7.52. The molecule has 0 N–H and O–H groups in total. The number of piperidine rings is 1. The number of benzene rings is 1. The Labute approximate surface area is 221 Å². The first-order valence-electron chi connectivity index (χ1n) is 13.7. The molecule has 2 fully saturated rings. The van der Waals surface area contributed by atoms with Gasteiger partial charge in [-0.15, -0.1) is 0 Å². The second-order valence-corrected chi connectivity index (χ2v) is 12.4. The third-order valence-corrected chi connectivity index (χ3v) is 8.05. The molecule has 3 rings (SSSR count). The van der Waals surface area contributed by atoms with Gasteiger partial charge >= 0.3 is 6.09 Å². The molecule has 1 saturated heterocycles. The van der Waals surface area contributed by atoms with Gasteiger partial charge in [-0.05, 0) is 82.9 Å². The van der Waals surface area contributed by atoms with E-state index in [2.05, 4.69) is 39.9 Å². The van der Waals surface area contributed by atoms with Crippen LogP contribution in [0.15, 0.2) is 28.7 Å². The lowest BCUT2D eigenvalue weighted by molar-refractivity contribution is -0.141. The van der Waals surface area contributed by atoms with Gasteiger partial charge in [0.25, 0.3) is 0 Å². The number of rotatable bonds is 8. The zero-order valence-corrected chi connectivity index (χ0v) is 23.8. The average Bonchev–Trinajstić information content (AvgIpc) is 2.83. The molecule has 0 bridgehead atoms. The van der Waals surface area contributed by atoms with Gasteiger partial charge < -0.3 is 14.5 Å². The average molecular weight is 550 g/mol. The van der Waals surface area contributed by atoms with Crippen LogP contribution in [-0.4, -0.2) is 46.5 Å². The maximum absolute atomic E-state index is 13.9. The third kappa shape index (κ3) is 8.80. The molecule has 35 heavy (non-hydrogen) atoms. The summed E-state index contributed by atoms with van der Waals surface area (Å²) in [5.41, 5.74) is 0.664. The Balaban J connectivity index is 1.63. The molecule has 0 spiro atoms. The minimum atomic E-state index is -0.493. The number of carbonyl (C=O) groups is 2. The molecule has 1 saturated carbocycles. The summed E-state index contributed by atoms with van der Waals surface area (Å²) in [5.74, 6) is 1.25. The summed E-state index contributed by atoms with van der Waals surface area (Å²) in [4.78, 5) is 30.3. The maximum Gasteiger partial charge on any atom is 0.410 e. The van der Waals surface area contributed by atoms with Gasteiger partial charge in [-0.3, -0.25) is 4.79 Å². The Morgan fingerprint density at radius 1 is 1.00 bits per heavy atom. The summed E-state index contributed by atoms with van der Waals surface area (Å²) in [6, 6.07) is 8.46. The highest BCUT2D eigenvalue weighted by atomic mass is 79.9. The first kappa shape index (κ1) is 28.0. The molecule has 196 valence electrons. The fourth-order valence-corrected chi connectivity index (χ4v) is 5.74. The van der Waals surface area contributed by atoms with Gasteiger partial charge in [-0.1, -0.05) is 60.7 Å². The van der Waals surface area contributed by atoms with Gasteiger partial charge in [0.05, 0.1) is 0 Å². The van der Waals surface area contributed by atoms with Crippen LogP contribution in [0.25, 0.3) is 0 Å². The summed E-state index contributed by atoms with van der Waals surface area (Å²) in [7, 11) is 0. The smallest absolute Gasteiger partial charge is 0.410 e. The Morgan fingerprint density at radius 2 is 1.63 bits per heavy atom. The van der Waals surface area contributed by atoms with E-state index < -0.39 is 5.60 Å². The number of halogens is 1. The van der Waals surface area contributed by atoms with Crippen molar-refractivity contribution in [2.45, 2.75) is 110 Å². The molecule has 0 radical (unpaired) electrons. The summed E-state index contributed by atoms with van der Waals surface area (Å²) in [6.45, 7) is 9.85. The SMILES string of the molecule is CCCCCC1CCC(C(=O)N(Cc2ccc(Br)cc2)C2CCN(C(=O)OC(C)(C)C)CC2)CC1. The van der Waals surface area contributed by atoms with Gasteiger partial charge in [0.1, 0.15) is 5.60 Å². The van der Waals surface area contributed by atoms with Gasteiger partial charge in [0, 0.05) is 36.1 Å². The number of hydrogen-bond acceptors (Lipinski definition) is 3. The van der Waals surface area contributed by atoms with Crippen LogP contribution in [0, 0.1) is 11.8 Å². The molecule has 0 aromatic heterocycles. The second-order valence-electron chi connectivity index (χ2n) is 11.5. The Morgan fingerprint density at radius 3 is 2.20 bits per heavy atom. The number of nitrogens with zero attached hydrogens (tertiary/aromatic N) is 2. The summed E-state index contributed by atoms with van der Waals surface area (Å²) in [5, 5.41) is 0. The summed E-state index contributed by atoms with van der Waals surface area (Å²) >= 11 is 3.52. The predicted molar refractivity (Wildman–Crippen MR) is 145 cm³/mol. The number of ether oxygens (including phenoxy) is 1. The lowest BCUT2D eigenvalue weighted by atomic mass is 9.79. The number of hydrogen-bond donors (Lipinski definition) is 0. The van der Waals surface area contributed by atoms with Crippen LogP contribution in [0.5, 0.6) is 0 Å². The van der Waals surface area contributed by atoms with E-state index in [1.54, 1.807) is 4.90 Å². The van der Waals surface area contributed by atoms with E-state index in [0.29, 0.717) is 25.5 Å². The van der Waals surface area contributed by atoms with Crippen molar-refractivity contribution in [2.24, 2.45) is 11.8 Å². The highest BCUT2D eigenvalue weighted by Crippen LogP contribution is 2.34. The first-order valence-corrected chi connectivity index (χ1v) is 14.5. The van der Waals surface area contributed by atoms with Gasteiger partial charge in [-0.2, -0.15) is 0 Å². The van der Waals surface area contributed by atoms with Crippen LogP contribution in [-0.2, 0) is 16.1 Å². The van der Waals surface area contributed by atoms with Crippen molar-refractivity contribution in [3.63, 3.8) is 0 Å².